The predicted octanol–water partition coefficient (Wildman–Crippen LogP) is 3.30. The third-order valence-electron chi connectivity index (χ3n) is 3.42. The van der Waals surface area contributed by atoms with Gasteiger partial charge in [-0.05, 0) is 29.5 Å². The van der Waals surface area contributed by atoms with Crippen LogP contribution in [-0.2, 0) is 5.41 Å². The van der Waals surface area contributed by atoms with E-state index in [0.717, 1.165) is 0 Å². The topological polar surface area (TPSA) is 49.7 Å². The van der Waals surface area contributed by atoms with Gasteiger partial charge in [-0.15, -0.1) is 0 Å². The summed E-state index contributed by atoms with van der Waals surface area (Å²) in [5, 5.41) is 19.1. The second-order valence-electron chi connectivity index (χ2n) is 5.59. The minimum absolute atomic E-state index is 0.329. The molecule has 0 heterocycles. The molecular formula is C14H18ClF3O3. The summed E-state index contributed by atoms with van der Waals surface area (Å²) >= 11 is 5.83. The van der Waals surface area contributed by atoms with Crippen LogP contribution in [0.5, 0.6) is 5.75 Å². The molecule has 0 fully saturated rings. The Morgan fingerprint density at radius 2 is 1.81 bits per heavy atom. The Bertz CT molecular complexity index is 503. The van der Waals surface area contributed by atoms with Crippen LogP contribution in [0.2, 0.25) is 5.02 Å². The maximum atomic E-state index is 12.9. The van der Waals surface area contributed by atoms with E-state index >= 15 is 0 Å². The highest BCUT2D eigenvalue weighted by atomic mass is 35.5. The van der Waals surface area contributed by atoms with E-state index in [1.54, 1.807) is 6.07 Å². The molecule has 1 aromatic rings. The van der Waals surface area contributed by atoms with E-state index in [-0.39, 0.29) is 0 Å². The van der Waals surface area contributed by atoms with Crippen LogP contribution in [0, 0.1) is 0 Å². The molecule has 0 aliphatic rings. The first kappa shape index (κ1) is 18.1. The van der Waals surface area contributed by atoms with Crippen molar-refractivity contribution in [3.8, 4) is 5.75 Å². The van der Waals surface area contributed by atoms with Crippen LogP contribution < -0.4 is 4.74 Å². The number of rotatable bonds is 5. The lowest BCUT2D eigenvalue weighted by Gasteiger charge is -2.37. The lowest BCUT2D eigenvalue weighted by atomic mass is 9.74. The number of hydrogen-bond donors (Lipinski definition) is 2. The van der Waals surface area contributed by atoms with Crippen molar-refractivity contribution in [2.75, 3.05) is 13.7 Å². The van der Waals surface area contributed by atoms with Gasteiger partial charge in [0.05, 0.1) is 13.7 Å². The number of aliphatic hydroxyl groups is 2. The Kier molecular flexibility index (Phi) is 5.18. The molecule has 7 heteroatoms. The van der Waals surface area contributed by atoms with Crippen molar-refractivity contribution < 1.29 is 28.1 Å². The normalized spacial score (nSPS) is 15.7. The van der Waals surface area contributed by atoms with Crippen LogP contribution in [0.4, 0.5) is 13.2 Å². The summed E-state index contributed by atoms with van der Waals surface area (Å²) in [4.78, 5) is 0. The zero-order valence-corrected chi connectivity index (χ0v) is 12.7. The van der Waals surface area contributed by atoms with E-state index in [9.17, 15) is 18.3 Å². The summed E-state index contributed by atoms with van der Waals surface area (Å²) in [6.45, 7) is 1.66. The van der Waals surface area contributed by atoms with Gasteiger partial charge in [-0.3, -0.25) is 0 Å². The first-order chi connectivity index (χ1) is 9.47. The number of hydrogen-bond acceptors (Lipinski definition) is 3. The fourth-order valence-electron chi connectivity index (χ4n) is 2.30. The molecule has 0 aliphatic carbocycles. The van der Waals surface area contributed by atoms with Crippen LogP contribution in [0.3, 0.4) is 0 Å². The van der Waals surface area contributed by atoms with E-state index in [4.69, 9.17) is 21.4 Å². The number of halogens is 4. The molecule has 0 amide bonds. The Morgan fingerprint density at radius 3 is 2.24 bits per heavy atom. The van der Waals surface area contributed by atoms with Gasteiger partial charge in [0.25, 0.3) is 0 Å². The number of aliphatic hydroxyl groups excluding tert-OH is 1. The zero-order chi connectivity index (χ0) is 16.5. The highest BCUT2D eigenvalue weighted by Crippen LogP contribution is 2.43. The van der Waals surface area contributed by atoms with Crippen molar-refractivity contribution in [2.24, 2.45) is 0 Å². The molecule has 120 valence electrons. The molecule has 0 radical (unpaired) electrons. The van der Waals surface area contributed by atoms with Gasteiger partial charge in [-0.2, -0.15) is 13.2 Å². The quantitative estimate of drug-likeness (QED) is 0.873. The molecule has 2 N–H and O–H groups in total. The van der Waals surface area contributed by atoms with Gasteiger partial charge in [-0.1, -0.05) is 31.5 Å². The van der Waals surface area contributed by atoms with E-state index in [2.05, 4.69) is 0 Å². The average Bonchev–Trinajstić information content (AvgIpc) is 2.36. The van der Waals surface area contributed by atoms with Gasteiger partial charge < -0.3 is 14.9 Å². The largest absolute Gasteiger partial charge is 0.496 e. The van der Waals surface area contributed by atoms with Crippen LogP contribution in [0.15, 0.2) is 18.2 Å². The first-order valence-electron chi connectivity index (χ1n) is 6.21. The van der Waals surface area contributed by atoms with Gasteiger partial charge in [0.15, 0.2) is 5.60 Å². The molecule has 3 nitrogen and oxygen atoms in total. The highest BCUT2D eigenvalue weighted by Gasteiger charge is 2.55. The van der Waals surface area contributed by atoms with Gasteiger partial charge >= 0.3 is 6.18 Å². The maximum Gasteiger partial charge on any atom is 0.419 e. The molecule has 1 atom stereocenters. The minimum atomic E-state index is -4.93. The highest BCUT2D eigenvalue weighted by molar-refractivity contribution is 6.30. The van der Waals surface area contributed by atoms with Gasteiger partial charge in [-0.25, -0.2) is 0 Å². The monoisotopic (exact) mass is 326 g/mol. The van der Waals surface area contributed by atoms with Crippen LogP contribution >= 0.6 is 11.6 Å². The second-order valence-corrected chi connectivity index (χ2v) is 6.03. The van der Waals surface area contributed by atoms with E-state index < -0.39 is 30.2 Å². The Labute approximate surface area is 126 Å². The van der Waals surface area contributed by atoms with Crippen LogP contribution in [0.1, 0.15) is 25.8 Å². The molecule has 0 spiro atoms. The summed E-state index contributed by atoms with van der Waals surface area (Å²) in [5.41, 5.74) is -3.81. The van der Waals surface area contributed by atoms with E-state index in [0.29, 0.717) is 16.3 Å². The molecule has 1 rings (SSSR count). The summed E-state index contributed by atoms with van der Waals surface area (Å²) in [5.74, 6) is 0.329. The molecule has 0 saturated heterocycles. The Hall–Kier alpha value is -0.980. The van der Waals surface area contributed by atoms with Crippen molar-refractivity contribution in [3.63, 3.8) is 0 Å². The second kappa shape index (κ2) is 6.02. The van der Waals surface area contributed by atoms with Gasteiger partial charge in [0, 0.05) is 5.02 Å². The summed E-state index contributed by atoms with van der Waals surface area (Å²) in [6, 6.07) is 4.58. The first-order valence-corrected chi connectivity index (χ1v) is 6.58. The van der Waals surface area contributed by atoms with E-state index in [1.807, 2.05) is 0 Å². The van der Waals surface area contributed by atoms with Crippen molar-refractivity contribution in [3.05, 3.63) is 28.8 Å². The molecule has 1 aromatic carbocycles. The van der Waals surface area contributed by atoms with Crippen molar-refractivity contribution >= 4 is 11.6 Å². The zero-order valence-electron chi connectivity index (χ0n) is 12.0. The summed E-state index contributed by atoms with van der Waals surface area (Å²) < 4.78 is 43.9. The number of methoxy groups -OCH3 is 1. The molecule has 0 aliphatic heterocycles. The average molecular weight is 327 g/mol. The summed E-state index contributed by atoms with van der Waals surface area (Å²) in [6.07, 6.45) is -5.64. The van der Waals surface area contributed by atoms with Crippen LogP contribution in [0.25, 0.3) is 0 Å². The minimum Gasteiger partial charge on any atom is -0.496 e. The van der Waals surface area contributed by atoms with Crippen molar-refractivity contribution in [2.45, 2.75) is 37.5 Å². The molecule has 0 saturated carbocycles. The van der Waals surface area contributed by atoms with Crippen LogP contribution in [-0.4, -0.2) is 35.7 Å². The molecular weight excluding hydrogens is 309 g/mol. The number of ether oxygens (including phenoxy) is 1. The Balaban J connectivity index is 3.23. The fraction of sp³-hybridized carbons (Fsp3) is 0.571. The lowest BCUT2D eigenvalue weighted by molar-refractivity contribution is -0.277. The van der Waals surface area contributed by atoms with Gasteiger partial charge in [0.1, 0.15) is 5.75 Å². The predicted molar refractivity (Wildman–Crippen MR) is 73.7 cm³/mol. The Morgan fingerprint density at radius 1 is 1.24 bits per heavy atom. The smallest absolute Gasteiger partial charge is 0.419 e. The lowest BCUT2D eigenvalue weighted by Crippen LogP contribution is -2.52. The SMILES string of the molecule is COc1cc(Cl)ccc1C(C)(C)CC(O)(CO)C(F)(F)F. The van der Waals surface area contributed by atoms with Crippen molar-refractivity contribution in [1.82, 2.24) is 0 Å². The molecule has 21 heavy (non-hydrogen) atoms. The fourth-order valence-corrected chi connectivity index (χ4v) is 2.46. The number of alkyl halides is 3. The molecule has 0 aromatic heterocycles. The molecule has 1 unspecified atom stereocenters. The molecule has 0 bridgehead atoms. The van der Waals surface area contributed by atoms with Gasteiger partial charge in [0.2, 0.25) is 0 Å². The third-order valence-corrected chi connectivity index (χ3v) is 3.65. The van der Waals surface area contributed by atoms with E-state index in [1.165, 1.54) is 33.1 Å². The third kappa shape index (κ3) is 3.81. The summed E-state index contributed by atoms with van der Waals surface area (Å²) in [7, 11) is 1.38. The maximum absolute atomic E-state index is 12.9. The van der Waals surface area contributed by atoms with Crippen molar-refractivity contribution in [1.29, 1.82) is 0 Å². The number of benzene rings is 1. The standard InChI is InChI=1S/C14H18ClF3O3/c1-12(2,7-13(20,8-19)14(16,17)18)10-5-4-9(15)6-11(10)21-3/h4-6,19-20H,7-8H2,1-3H3.